The highest BCUT2D eigenvalue weighted by atomic mass is 16.5. The summed E-state index contributed by atoms with van der Waals surface area (Å²) in [6.45, 7) is 10.1. The second kappa shape index (κ2) is 33.7. The fourth-order valence-electron chi connectivity index (χ4n) is 14.0. The molecule has 0 aliphatic rings. The summed E-state index contributed by atoms with van der Waals surface area (Å²) in [6, 6.07) is 86.9. The molecule has 6 aromatic heterocycles. The number of hydrogen-bond donors (Lipinski definition) is 0. The highest BCUT2D eigenvalue weighted by molar-refractivity contribution is 6.11. The predicted octanol–water partition coefficient (Wildman–Crippen LogP) is 23.5. The van der Waals surface area contributed by atoms with E-state index in [-0.39, 0.29) is 0 Å². The van der Waals surface area contributed by atoms with E-state index < -0.39 is 0 Å². The lowest BCUT2D eigenvalue weighted by molar-refractivity contribution is 0.227. The van der Waals surface area contributed by atoms with Gasteiger partial charge in [0.25, 0.3) is 0 Å². The quantitative estimate of drug-likeness (QED) is 0.0550. The highest BCUT2D eigenvalue weighted by Gasteiger charge is 2.20. The number of aromatic nitrogens is 6. The molecule has 0 fully saturated rings. The van der Waals surface area contributed by atoms with Crippen LogP contribution in [-0.4, -0.2) is 43.1 Å². The molecule has 0 bridgehead atoms. The van der Waals surface area contributed by atoms with Crippen LogP contribution in [0.5, 0.6) is 11.5 Å². The third-order valence-corrected chi connectivity index (χ3v) is 20.1. The van der Waals surface area contributed by atoms with Crippen LogP contribution in [0.25, 0.3) is 111 Å². The van der Waals surface area contributed by atoms with Gasteiger partial charge in [-0.25, -0.2) is 9.97 Å². The Morgan fingerprint density at radius 1 is 0.278 bits per heavy atom. The normalized spacial score (nSPS) is 11.5. The molecule has 9 aromatic carbocycles. The first-order valence-corrected chi connectivity index (χ1v) is 37.7. The van der Waals surface area contributed by atoms with Gasteiger partial charge in [-0.15, -0.1) is 0 Å². The van der Waals surface area contributed by atoms with E-state index in [4.69, 9.17) is 19.4 Å². The average Bonchev–Trinajstić information content (AvgIpc) is 0.757. The van der Waals surface area contributed by atoms with E-state index in [1.807, 2.05) is 72.8 Å². The maximum Gasteiger partial charge on any atom is 0.136 e. The molecule has 0 aliphatic carbocycles. The third-order valence-electron chi connectivity index (χ3n) is 20.1. The van der Waals surface area contributed by atoms with Crippen LogP contribution in [0.3, 0.4) is 0 Å². The van der Waals surface area contributed by atoms with Crippen molar-refractivity contribution >= 4 is 43.1 Å². The first-order valence-electron chi connectivity index (χ1n) is 37.7. The van der Waals surface area contributed by atoms with Crippen molar-refractivity contribution in [2.75, 3.05) is 13.2 Å². The number of nitrogens with zero attached hydrogens (tertiary/aromatic N) is 6. The van der Waals surface area contributed by atoms with Crippen molar-refractivity contribution in [3.63, 3.8) is 0 Å². The lowest BCUT2D eigenvalue weighted by Crippen LogP contribution is -2.13. The number of benzene rings is 9. The Morgan fingerprint density at radius 2 is 0.556 bits per heavy atom. The van der Waals surface area contributed by atoms with Crippen molar-refractivity contribution in [3.8, 4) is 127 Å². The number of unbranched alkanes of at least 4 members (excludes halogenated alkanes) is 2. The molecule has 15 rings (SSSR count). The van der Waals surface area contributed by atoms with Crippen molar-refractivity contribution in [2.24, 2.45) is 11.8 Å². The Bertz CT molecular complexity index is 5410. The molecule has 0 N–H and O–H groups in total. The molecule has 0 amide bonds. The summed E-state index contributed by atoms with van der Waals surface area (Å²) in [5.74, 6) is 31.6. The average molecular weight is 1400 g/mol. The van der Waals surface area contributed by atoms with Gasteiger partial charge in [0.15, 0.2) is 0 Å². The largest absolute Gasteiger partial charge is 0.492 e. The number of ether oxygens (including phenoxy) is 2. The van der Waals surface area contributed by atoms with E-state index in [0.29, 0.717) is 36.5 Å². The number of rotatable bonds is 20. The van der Waals surface area contributed by atoms with Crippen LogP contribution >= 0.6 is 0 Å². The van der Waals surface area contributed by atoms with Crippen LogP contribution in [-0.2, 0) is 0 Å². The molecule has 2 unspecified atom stereocenters. The van der Waals surface area contributed by atoms with E-state index >= 15 is 0 Å². The Hall–Kier alpha value is -13.2. The summed E-state index contributed by atoms with van der Waals surface area (Å²) in [5, 5.41) is 8.16. The minimum Gasteiger partial charge on any atom is -0.492 e. The molecular formula is C100H80N6O2. The van der Waals surface area contributed by atoms with Gasteiger partial charge in [0.2, 0.25) is 0 Å². The molecule has 108 heavy (non-hydrogen) atoms. The monoisotopic (exact) mass is 1400 g/mol. The molecule has 8 heteroatoms. The maximum atomic E-state index is 7.09. The number of pyridine rings is 6. The Morgan fingerprint density at radius 3 is 0.815 bits per heavy atom. The van der Waals surface area contributed by atoms with E-state index in [9.17, 15) is 0 Å². The van der Waals surface area contributed by atoms with Gasteiger partial charge in [0.1, 0.15) is 11.5 Å². The zero-order valence-electron chi connectivity index (χ0n) is 61.3. The molecule has 0 saturated carbocycles. The smallest absolute Gasteiger partial charge is 0.136 e. The van der Waals surface area contributed by atoms with E-state index in [0.717, 1.165) is 207 Å². The van der Waals surface area contributed by atoms with Crippen molar-refractivity contribution in [1.82, 2.24) is 29.9 Å². The molecule has 8 nitrogen and oxygen atoms in total. The Kier molecular flexibility index (Phi) is 22.0. The molecule has 15 aromatic rings. The van der Waals surface area contributed by atoms with Gasteiger partial charge in [0, 0.05) is 70.3 Å². The Balaban J connectivity index is 0.795. The molecule has 0 spiro atoms. The maximum absolute atomic E-state index is 7.09. The lowest BCUT2D eigenvalue weighted by Gasteiger charge is -2.19. The topological polar surface area (TPSA) is 95.8 Å². The minimum atomic E-state index is 0.363. The molecule has 2 atom stereocenters. The van der Waals surface area contributed by atoms with Crippen molar-refractivity contribution in [3.05, 3.63) is 324 Å². The van der Waals surface area contributed by atoms with Gasteiger partial charge in [-0.2, -0.15) is 0 Å². The standard InChI is InChI=1S/C100H80N6O2/c1-5-9-27-69(7-3)67-107-99-65-76(52-56-90-85-35-17-13-31-81(85)88(82-32-14-18-36-86(82)90)54-46-72-43-49-74(50-44-72)78-63-97(93-39-21-25-59-103-93)106-98(64-78)94-40-22-26-60-104-94)100(108-68-70(8-4)28-10-6-2)66-75(99)51-55-89-83-33-15-11-29-79(83)87(80-30-12-16-34-84(80)89)53-45-71-41-47-73(48-42-71)77-61-95(91-37-19-23-57-101-91)105-96(62-77)92-38-20-24-58-102-92/h11-26,29-44,47-50,57-66,69-70H,5-10,27-28,67-68H2,1-4H3. The zero-order valence-corrected chi connectivity index (χ0v) is 61.3. The first kappa shape index (κ1) is 70.4. The SMILES string of the molecule is CCCCC(CC)COc1cc(C#Cc2c3ccccc3c(C#Cc3ccc(-c4cc(-c5ccccn5)nc(-c5ccccn5)c4)cc3)c3ccccc23)c(OCC(CC)CCCC)cc1C#Cc1c2ccccc2c(C#Cc2ccc(-c3cc(-c4ccccn4)nc(-c4ccccn4)c3)cc2)c2ccccc12. The van der Waals surface area contributed by atoms with Crippen LogP contribution in [0.1, 0.15) is 124 Å². The predicted molar refractivity (Wildman–Crippen MR) is 443 cm³/mol. The molecule has 6 heterocycles. The van der Waals surface area contributed by atoms with Crippen molar-refractivity contribution in [1.29, 1.82) is 0 Å². The van der Waals surface area contributed by atoms with E-state index in [1.54, 1.807) is 24.8 Å². The summed E-state index contributed by atoms with van der Waals surface area (Å²) < 4.78 is 14.2. The summed E-state index contributed by atoms with van der Waals surface area (Å²) in [4.78, 5) is 28.5. The van der Waals surface area contributed by atoms with Gasteiger partial charge in [0.05, 0.1) is 69.9 Å². The van der Waals surface area contributed by atoms with Crippen LogP contribution in [0.2, 0.25) is 0 Å². The van der Waals surface area contributed by atoms with Crippen LogP contribution in [0, 0.1) is 59.2 Å². The zero-order chi connectivity index (χ0) is 73.4. The summed E-state index contributed by atoms with van der Waals surface area (Å²) >= 11 is 0. The second-order valence-corrected chi connectivity index (χ2v) is 27.2. The fourth-order valence-corrected chi connectivity index (χ4v) is 14.0. The molecule has 0 aliphatic heterocycles. The summed E-state index contributed by atoms with van der Waals surface area (Å²) in [5.41, 5.74) is 17.4. The fraction of sp³-hybridized carbons (Fsp3) is 0.160. The van der Waals surface area contributed by atoms with Crippen LogP contribution in [0.4, 0.5) is 0 Å². The van der Waals surface area contributed by atoms with Crippen LogP contribution in [0.15, 0.2) is 280 Å². The first-order chi connectivity index (χ1) is 53.4. The number of hydrogen-bond acceptors (Lipinski definition) is 8. The Labute approximate surface area is 633 Å². The van der Waals surface area contributed by atoms with Gasteiger partial charge in [-0.1, -0.05) is 259 Å². The van der Waals surface area contributed by atoms with Crippen LogP contribution < -0.4 is 9.47 Å². The van der Waals surface area contributed by atoms with Gasteiger partial charge >= 0.3 is 0 Å². The summed E-state index contributed by atoms with van der Waals surface area (Å²) in [6.07, 6.45) is 15.8. The number of fused-ring (bicyclic) bond motifs is 4. The van der Waals surface area contributed by atoms with Gasteiger partial charge in [-0.3, -0.25) is 19.9 Å². The molecular weight excluding hydrogens is 1320 g/mol. The third kappa shape index (κ3) is 16.0. The van der Waals surface area contributed by atoms with Gasteiger partial charge in [-0.05, 0) is 187 Å². The lowest BCUT2D eigenvalue weighted by atomic mass is 9.91. The molecule has 0 saturated heterocycles. The van der Waals surface area contributed by atoms with E-state index in [1.165, 1.54) is 0 Å². The van der Waals surface area contributed by atoms with Gasteiger partial charge < -0.3 is 9.47 Å². The second-order valence-electron chi connectivity index (χ2n) is 27.2. The minimum absolute atomic E-state index is 0.363. The highest BCUT2D eigenvalue weighted by Crippen LogP contribution is 2.38. The van der Waals surface area contributed by atoms with E-state index in [2.05, 4.69) is 277 Å². The van der Waals surface area contributed by atoms with Crippen molar-refractivity contribution in [2.45, 2.75) is 79.1 Å². The molecule has 522 valence electrons. The van der Waals surface area contributed by atoms with Crippen molar-refractivity contribution < 1.29 is 9.47 Å². The summed E-state index contributed by atoms with van der Waals surface area (Å²) in [7, 11) is 0. The molecule has 0 radical (unpaired) electrons.